The standard InChI is InChI=1S/C19H33N/c1-3-5-7-9-11-13-15-17-19(18-20)16-14-12-10-8-6-4-2/h2,19H,3,5-17H2,1H3. The number of hydrogen-bond acceptors (Lipinski definition) is 1. The highest BCUT2D eigenvalue weighted by Gasteiger charge is 2.06. The smallest absolute Gasteiger partial charge is 0.0655 e. The maximum Gasteiger partial charge on any atom is 0.0655 e. The molecule has 1 unspecified atom stereocenters. The molecule has 0 radical (unpaired) electrons. The Bertz CT molecular complexity index is 268. The van der Waals surface area contributed by atoms with Crippen molar-refractivity contribution in [2.45, 2.75) is 96.8 Å². The molecule has 0 fully saturated rings. The van der Waals surface area contributed by atoms with Crippen LogP contribution in [-0.4, -0.2) is 0 Å². The van der Waals surface area contributed by atoms with Crippen LogP contribution in [-0.2, 0) is 0 Å². The van der Waals surface area contributed by atoms with Gasteiger partial charge in [0.25, 0.3) is 0 Å². The monoisotopic (exact) mass is 275 g/mol. The first kappa shape index (κ1) is 19.1. The average molecular weight is 275 g/mol. The molecule has 1 nitrogen and oxygen atoms in total. The van der Waals surface area contributed by atoms with Gasteiger partial charge in [0.1, 0.15) is 0 Å². The number of nitrogens with zero attached hydrogens (tertiary/aromatic N) is 1. The molecule has 0 aromatic heterocycles. The van der Waals surface area contributed by atoms with Crippen LogP contribution in [0.2, 0.25) is 0 Å². The van der Waals surface area contributed by atoms with Gasteiger partial charge >= 0.3 is 0 Å². The van der Waals surface area contributed by atoms with Crippen LogP contribution in [0.4, 0.5) is 0 Å². The van der Waals surface area contributed by atoms with E-state index in [0.717, 1.165) is 25.7 Å². The van der Waals surface area contributed by atoms with Gasteiger partial charge in [-0.3, -0.25) is 0 Å². The highest BCUT2D eigenvalue weighted by Crippen LogP contribution is 2.18. The first-order valence-corrected chi connectivity index (χ1v) is 8.68. The van der Waals surface area contributed by atoms with Gasteiger partial charge in [0.15, 0.2) is 0 Å². The number of nitriles is 1. The Kier molecular flexibility index (Phi) is 15.3. The molecule has 20 heavy (non-hydrogen) atoms. The van der Waals surface area contributed by atoms with E-state index in [9.17, 15) is 0 Å². The number of unbranched alkanes of at least 4 members (excludes halogenated alkanes) is 10. The summed E-state index contributed by atoms with van der Waals surface area (Å²) in [5.74, 6) is 2.97. The zero-order valence-electron chi connectivity index (χ0n) is 13.5. The van der Waals surface area contributed by atoms with E-state index >= 15 is 0 Å². The van der Waals surface area contributed by atoms with Gasteiger partial charge in [0.2, 0.25) is 0 Å². The molecule has 1 heteroatoms. The lowest BCUT2D eigenvalue weighted by atomic mass is 9.95. The molecule has 0 heterocycles. The fourth-order valence-electron chi connectivity index (χ4n) is 2.59. The minimum absolute atomic E-state index is 0.290. The SMILES string of the molecule is C#CCCCCCCC(C#N)CCCCCCCCC. The fourth-order valence-corrected chi connectivity index (χ4v) is 2.59. The van der Waals surface area contributed by atoms with Gasteiger partial charge in [-0.2, -0.15) is 5.26 Å². The predicted molar refractivity (Wildman–Crippen MR) is 88.2 cm³/mol. The molecule has 0 aliphatic rings. The molecule has 0 N–H and O–H groups in total. The summed E-state index contributed by atoms with van der Waals surface area (Å²) in [6.07, 6.45) is 22.5. The first-order valence-electron chi connectivity index (χ1n) is 8.68. The summed E-state index contributed by atoms with van der Waals surface area (Å²) in [4.78, 5) is 0. The van der Waals surface area contributed by atoms with Gasteiger partial charge in [0.05, 0.1) is 6.07 Å². The molecule has 0 saturated carbocycles. The molecular formula is C19H33N. The third-order valence-electron chi connectivity index (χ3n) is 3.96. The van der Waals surface area contributed by atoms with E-state index in [4.69, 9.17) is 11.7 Å². The normalized spacial score (nSPS) is 11.8. The molecular weight excluding hydrogens is 242 g/mol. The summed E-state index contributed by atoms with van der Waals surface area (Å²) in [7, 11) is 0. The number of rotatable bonds is 14. The van der Waals surface area contributed by atoms with Gasteiger partial charge in [-0.25, -0.2) is 0 Å². The van der Waals surface area contributed by atoms with Gasteiger partial charge in [0, 0.05) is 12.3 Å². The molecule has 0 aliphatic heterocycles. The zero-order valence-corrected chi connectivity index (χ0v) is 13.5. The van der Waals surface area contributed by atoms with E-state index in [1.165, 1.54) is 64.2 Å². The largest absolute Gasteiger partial charge is 0.198 e. The maximum absolute atomic E-state index is 9.16. The topological polar surface area (TPSA) is 23.8 Å². The molecule has 0 rings (SSSR count). The van der Waals surface area contributed by atoms with Crippen molar-refractivity contribution in [2.24, 2.45) is 5.92 Å². The van der Waals surface area contributed by atoms with Gasteiger partial charge in [-0.1, -0.05) is 71.1 Å². The summed E-state index contributed by atoms with van der Waals surface area (Å²) in [6, 6.07) is 2.48. The Morgan fingerprint density at radius 2 is 1.30 bits per heavy atom. The molecule has 1 atom stereocenters. The van der Waals surface area contributed by atoms with Crippen LogP contribution in [0.1, 0.15) is 96.8 Å². The van der Waals surface area contributed by atoms with Crippen molar-refractivity contribution >= 4 is 0 Å². The second-order valence-corrected chi connectivity index (χ2v) is 5.89. The van der Waals surface area contributed by atoms with Crippen LogP contribution < -0.4 is 0 Å². The van der Waals surface area contributed by atoms with Crippen LogP contribution in [0, 0.1) is 29.6 Å². The lowest BCUT2D eigenvalue weighted by Gasteiger charge is -2.08. The maximum atomic E-state index is 9.16. The van der Waals surface area contributed by atoms with Crippen molar-refractivity contribution in [3.8, 4) is 18.4 Å². The molecule has 0 bridgehead atoms. The zero-order chi connectivity index (χ0) is 14.9. The summed E-state index contributed by atoms with van der Waals surface area (Å²) < 4.78 is 0. The van der Waals surface area contributed by atoms with Crippen LogP contribution >= 0.6 is 0 Å². The third kappa shape index (κ3) is 13.5. The van der Waals surface area contributed by atoms with Crippen LogP contribution in [0.5, 0.6) is 0 Å². The van der Waals surface area contributed by atoms with Crippen molar-refractivity contribution in [1.82, 2.24) is 0 Å². The molecule has 114 valence electrons. The van der Waals surface area contributed by atoms with Gasteiger partial charge in [-0.05, 0) is 19.3 Å². The molecule has 0 aromatic rings. The van der Waals surface area contributed by atoms with Gasteiger partial charge < -0.3 is 0 Å². The lowest BCUT2D eigenvalue weighted by molar-refractivity contribution is 0.474. The molecule has 0 saturated heterocycles. The Morgan fingerprint density at radius 1 is 0.800 bits per heavy atom. The van der Waals surface area contributed by atoms with E-state index in [1.54, 1.807) is 0 Å². The van der Waals surface area contributed by atoms with Crippen LogP contribution in [0.3, 0.4) is 0 Å². The van der Waals surface area contributed by atoms with Gasteiger partial charge in [-0.15, -0.1) is 12.3 Å². The van der Waals surface area contributed by atoms with E-state index in [2.05, 4.69) is 18.9 Å². The van der Waals surface area contributed by atoms with Crippen LogP contribution in [0.15, 0.2) is 0 Å². The molecule has 0 aromatic carbocycles. The second-order valence-electron chi connectivity index (χ2n) is 5.89. The summed E-state index contributed by atoms with van der Waals surface area (Å²) in [6.45, 7) is 2.25. The fraction of sp³-hybridized carbons (Fsp3) is 0.842. The van der Waals surface area contributed by atoms with Crippen molar-refractivity contribution in [3.05, 3.63) is 0 Å². The number of terminal acetylenes is 1. The van der Waals surface area contributed by atoms with E-state index in [0.29, 0.717) is 5.92 Å². The van der Waals surface area contributed by atoms with Crippen molar-refractivity contribution in [3.63, 3.8) is 0 Å². The highest BCUT2D eigenvalue weighted by molar-refractivity contribution is 4.83. The molecule has 0 amide bonds. The quantitative estimate of drug-likeness (QED) is 0.272. The second kappa shape index (κ2) is 16.1. The Morgan fingerprint density at radius 3 is 1.80 bits per heavy atom. The van der Waals surface area contributed by atoms with Crippen molar-refractivity contribution in [2.75, 3.05) is 0 Å². The van der Waals surface area contributed by atoms with Crippen LogP contribution in [0.25, 0.3) is 0 Å². The highest BCUT2D eigenvalue weighted by atomic mass is 14.3. The molecule has 0 aliphatic carbocycles. The third-order valence-corrected chi connectivity index (χ3v) is 3.96. The predicted octanol–water partition coefficient (Wildman–Crippen LogP) is 6.24. The van der Waals surface area contributed by atoms with E-state index in [-0.39, 0.29) is 0 Å². The van der Waals surface area contributed by atoms with E-state index in [1.807, 2.05) is 0 Å². The average Bonchev–Trinajstić information content (AvgIpc) is 2.47. The number of hydrogen-bond donors (Lipinski definition) is 0. The van der Waals surface area contributed by atoms with Crippen molar-refractivity contribution < 1.29 is 0 Å². The summed E-state index contributed by atoms with van der Waals surface area (Å²) >= 11 is 0. The minimum atomic E-state index is 0.290. The Labute approximate surface area is 127 Å². The molecule has 0 spiro atoms. The Hall–Kier alpha value is -0.950. The summed E-state index contributed by atoms with van der Waals surface area (Å²) in [5.41, 5.74) is 0. The summed E-state index contributed by atoms with van der Waals surface area (Å²) in [5, 5.41) is 9.16. The first-order chi connectivity index (χ1) is 9.85. The van der Waals surface area contributed by atoms with E-state index < -0.39 is 0 Å². The minimum Gasteiger partial charge on any atom is -0.198 e. The van der Waals surface area contributed by atoms with Crippen molar-refractivity contribution in [1.29, 1.82) is 5.26 Å². The Balaban J connectivity index is 3.35. The lowest BCUT2D eigenvalue weighted by Crippen LogP contribution is -1.97.